The number of hydrogen-bond acceptors (Lipinski definition) is 4. The highest BCUT2D eigenvalue weighted by Gasteiger charge is 2.14. The minimum atomic E-state index is -0.234. The number of fused-ring (bicyclic) bond motifs is 1. The first kappa shape index (κ1) is 14.1. The van der Waals surface area contributed by atoms with Gasteiger partial charge in [0, 0.05) is 18.5 Å². The Morgan fingerprint density at radius 3 is 2.79 bits per heavy atom. The minimum absolute atomic E-state index is 0.234. The van der Waals surface area contributed by atoms with Gasteiger partial charge < -0.3 is 5.32 Å². The van der Waals surface area contributed by atoms with Gasteiger partial charge in [-0.25, -0.2) is 9.67 Å². The first-order valence-corrected chi connectivity index (χ1v) is 7.44. The second-order valence-corrected chi connectivity index (χ2v) is 5.30. The Bertz CT molecular complexity index is 1030. The summed E-state index contributed by atoms with van der Waals surface area (Å²) in [7, 11) is 0. The number of carbonyl (C=O) groups is 1. The molecule has 118 valence electrons. The van der Waals surface area contributed by atoms with E-state index in [1.54, 1.807) is 39.8 Å². The van der Waals surface area contributed by atoms with E-state index in [9.17, 15) is 4.79 Å². The van der Waals surface area contributed by atoms with Gasteiger partial charge in [-0.1, -0.05) is 12.1 Å². The van der Waals surface area contributed by atoms with Crippen LogP contribution >= 0.6 is 0 Å². The van der Waals surface area contributed by atoms with Crippen molar-refractivity contribution < 1.29 is 4.79 Å². The van der Waals surface area contributed by atoms with E-state index in [1.807, 2.05) is 37.4 Å². The number of anilines is 1. The molecule has 4 rings (SSSR count). The Morgan fingerprint density at radius 1 is 1.08 bits per heavy atom. The molecule has 0 spiro atoms. The van der Waals surface area contributed by atoms with Crippen molar-refractivity contribution in [1.82, 2.24) is 24.4 Å². The molecule has 7 heteroatoms. The lowest BCUT2D eigenvalue weighted by Gasteiger charge is -2.11. The van der Waals surface area contributed by atoms with Crippen molar-refractivity contribution in [3.63, 3.8) is 0 Å². The van der Waals surface area contributed by atoms with Crippen LogP contribution in [0.15, 0.2) is 61.1 Å². The van der Waals surface area contributed by atoms with Gasteiger partial charge in [0.05, 0.1) is 23.1 Å². The highest BCUT2D eigenvalue weighted by molar-refractivity contribution is 6.06. The number of carbonyl (C=O) groups excluding carboxylic acids is 1. The fraction of sp³-hybridized carbons (Fsp3) is 0.0588. The molecule has 0 aliphatic carbocycles. The van der Waals surface area contributed by atoms with Crippen molar-refractivity contribution in [2.75, 3.05) is 5.32 Å². The van der Waals surface area contributed by atoms with Crippen LogP contribution in [0.2, 0.25) is 0 Å². The molecular weight excluding hydrogens is 304 g/mol. The maximum absolute atomic E-state index is 12.8. The summed E-state index contributed by atoms with van der Waals surface area (Å²) in [5.74, 6) is 0.322. The predicted molar refractivity (Wildman–Crippen MR) is 89.2 cm³/mol. The summed E-state index contributed by atoms with van der Waals surface area (Å²) < 4.78 is 3.28. The highest BCUT2D eigenvalue weighted by Crippen LogP contribution is 2.17. The summed E-state index contributed by atoms with van der Waals surface area (Å²) in [6.45, 7) is 1.91. The minimum Gasteiger partial charge on any atom is -0.306 e. The van der Waals surface area contributed by atoms with E-state index in [1.165, 1.54) is 0 Å². The van der Waals surface area contributed by atoms with Gasteiger partial charge >= 0.3 is 0 Å². The fourth-order valence-corrected chi connectivity index (χ4v) is 2.53. The average Bonchev–Trinajstić information content (AvgIpc) is 3.24. The second-order valence-electron chi connectivity index (χ2n) is 5.30. The third-order valence-electron chi connectivity index (χ3n) is 3.65. The molecule has 0 unspecified atom stereocenters. The lowest BCUT2D eigenvalue weighted by Crippen LogP contribution is -2.17. The van der Waals surface area contributed by atoms with Crippen LogP contribution < -0.4 is 5.32 Å². The zero-order chi connectivity index (χ0) is 16.5. The van der Waals surface area contributed by atoms with Gasteiger partial charge in [-0.2, -0.15) is 14.7 Å². The third-order valence-corrected chi connectivity index (χ3v) is 3.65. The summed E-state index contributed by atoms with van der Waals surface area (Å²) in [6, 6.07) is 12.7. The SMILES string of the molecule is Cc1ccn(-c2ccccc2C(=O)Nc2ccnc3ccnn23)n1. The van der Waals surface area contributed by atoms with E-state index in [0.717, 1.165) is 5.69 Å². The number of nitrogens with one attached hydrogen (secondary N) is 1. The van der Waals surface area contributed by atoms with E-state index in [2.05, 4.69) is 20.5 Å². The van der Waals surface area contributed by atoms with Crippen molar-refractivity contribution in [1.29, 1.82) is 0 Å². The zero-order valence-corrected chi connectivity index (χ0v) is 12.9. The first-order chi connectivity index (χ1) is 11.7. The Balaban J connectivity index is 1.72. The van der Waals surface area contributed by atoms with Crippen LogP contribution in [0.5, 0.6) is 0 Å². The first-order valence-electron chi connectivity index (χ1n) is 7.44. The topological polar surface area (TPSA) is 77.1 Å². The monoisotopic (exact) mass is 318 g/mol. The molecule has 7 nitrogen and oxygen atoms in total. The number of rotatable bonds is 3. The third kappa shape index (κ3) is 2.41. The number of benzene rings is 1. The fourth-order valence-electron chi connectivity index (χ4n) is 2.53. The maximum atomic E-state index is 12.8. The van der Waals surface area contributed by atoms with Crippen LogP contribution in [0.25, 0.3) is 11.3 Å². The van der Waals surface area contributed by atoms with Gasteiger partial charge in [0.2, 0.25) is 0 Å². The molecule has 0 bridgehead atoms. The highest BCUT2D eigenvalue weighted by atomic mass is 16.1. The lowest BCUT2D eigenvalue weighted by molar-refractivity contribution is 0.102. The summed E-state index contributed by atoms with van der Waals surface area (Å²) >= 11 is 0. The van der Waals surface area contributed by atoms with Crippen LogP contribution in [0, 0.1) is 6.92 Å². The Labute approximate surface area is 137 Å². The molecule has 1 aromatic carbocycles. The van der Waals surface area contributed by atoms with Crippen LogP contribution in [-0.2, 0) is 0 Å². The quantitative estimate of drug-likeness (QED) is 0.629. The predicted octanol–water partition coefficient (Wildman–Crippen LogP) is 2.48. The lowest BCUT2D eigenvalue weighted by atomic mass is 10.1. The summed E-state index contributed by atoms with van der Waals surface area (Å²) in [6.07, 6.45) is 5.10. The molecule has 1 N–H and O–H groups in total. The van der Waals surface area contributed by atoms with Crippen LogP contribution in [-0.4, -0.2) is 30.3 Å². The molecule has 4 aromatic rings. The summed E-state index contributed by atoms with van der Waals surface area (Å²) in [4.78, 5) is 17.0. The van der Waals surface area contributed by atoms with E-state index in [4.69, 9.17) is 0 Å². The van der Waals surface area contributed by atoms with E-state index in [-0.39, 0.29) is 5.91 Å². The number of hydrogen-bond donors (Lipinski definition) is 1. The second kappa shape index (κ2) is 5.62. The molecule has 0 atom stereocenters. The summed E-state index contributed by atoms with van der Waals surface area (Å²) in [5.41, 5.74) is 2.80. The summed E-state index contributed by atoms with van der Waals surface area (Å²) in [5, 5.41) is 11.4. The zero-order valence-electron chi connectivity index (χ0n) is 12.9. The van der Waals surface area contributed by atoms with Gasteiger partial charge in [-0.15, -0.1) is 0 Å². The number of nitrogens with zero attached hydrogens (tertiary/aromatic N) is 5. The largest absolute Gasteiger partial charge is 0.306 e. The molecule has 0 aliphatic heterocycles. The van der Waals surface area contributed by atoms with Crippen LogP contribution in [0.3, 0.4) is 0 Å². The number of para-hydroxylation sites is 1. The standard InChI is InChI=1S/C17H14N6O/c1-12-8-11-22(21-12)14-5-3-2-4-13(14)17(24)20-16-6-9-18-15-7-10-19-23(15)16/h2-11H,1H3,(H,20,24). The molecule has 3 heterocycles. The van der Waals surface area contributed by atoms with Gasteiger partial charge in [0.15, 0.2) is 5.65 Å². The molecule has 0 saturated heterocycles. The van der Waals surface area contributed by atoms with Gasteiger partial charge in [0.25, 0.3) is 5.91 Å². The number of aryl methyl sites for hydroxylation is 1. The van der Waals surface area contributed by atoms with Gasteiger partial charge in [0.1, 0.15) is 5.82 Å². The molecule has 0 radical (unpaired) electrons. The molecule has 0 aliphatic rings. The van der Waals surface area contributed by atoms with Crippen molar-refractivity contribution in [2.24, 2.45) is 0 Å². The van der Waals surface area contributed by atoms with Crippen LogP contribution in [0.1, 0.15) is 16.1 Å². The molecule has 3 aromatic heterocycles. The van der Waals surface area contributed by atoms with Gasteiger partial charge in [-0.3, -0.25) is 4.79 Å². The number of amides is 1. The van der Waals surface area contributed by atoms with Crippen molar-refractivity contribution in [2.45, 2.75) is 6.92 Å². The molecular formula is C17H14N6O. The van der Waals surface area contributed by atoms with Crippen molar-refractivity contribution in [3.05, 3.63) is 72.3 Å². The average molecular weight is 318 g/mol. The van der Waals surface area contributed by atoms with E-state index in [0.29, 0.717) is 22.7 Å². The maximum Gasteiger partial charge on any atom is 0.259 e. The van der Waals surface area contributed by atoms with Crippen LogP contribution in [0.4, 0.5) is 5.82 Å². The number of aromatic nitrogens is 5. The molecule has 0 saturated carbocycles. The molecule has 0 fully saturated rings. The molecule has 24 heavy (non-hydrogen) atoms. The smallest absolute Gasteiger partial charge is 0.259 e. The Kier molecular flexibility index (Phi) is 3.31. The van der Waals surface area contributed by atoms with E-state index >= 15 is 0 Å². The van der Waals surface area contributed by atoms with E-state index < -0.39 is 0 Å². The normalized spacial score (nSPS) is 10.9. The molecule has 1 amide bonds. The Morgan fingerprint density at radius 2 is 1.96 bits per heavy atom. The Hall–Kier alpha value is -3.48. The van der Waals surface area contributed by atoms with Gasteiger partial charge in [-0.05, 0) is 31.2 Å². The van der Waals surface area contributed by atoms with Crippen molar-refractivity contribution >= 4 is 17.4 Å². The van der Waals surface area contributed by atoms with Crippen molar-refractivity contribution in [3.8, 4) is 5.69 Å².